The molecule has 3 N–H and O–H groups in total. The third-order valence-electron chi connectivity index (χ3n) is 5.20. The summed E-state index contributed by atoms with van der Waals surface area (Å²) < 4.78 is 24.9. The minimum absolute atomic E-state index is 0.0490. The Morgan fingerprint density at radius 2 is 1.88 bits per heavy atom. The summed E-state index contributed by atoms with van der Waals surface area (Å²) in [6.45, 7) is -0.100. The lowest BCUT2D eigenvalue weighted by atomic mass is 10.1. The van der Waals surface area contributed by atoms with Crippen molar-refractivity contribution < 1.29 is 18.3 Å². The number of rotatable bonds is 6. The van der Waals surface area contributed by atoms with Gasteiger partial charge >= 0.3 is 0 Å². The van der Waals surface area contributed by atoms with E-state index >= 15 is 0 Å². The number of aliphatic hydroxyl groups is 1. The van der Waals surface area contributed by atoms with Crippen LogP contribution in [0.15, 0.2) is 78.0 Å². The summed E-state index contributed by atoms with van der Waals surface area (Å²) in [4.78, 5) is 23.3. The Bertz CT molecular complexity index is 1440. The van der Waals surface area contributed by atoms with E-state index in [0.29, 0.717) is 22.2 Å². The van der Waals surface area contributed by atoms with Crippen molar-refractivity contribution in [2.45, 2.75) is 18.0 Å². The van der Waals surface area contributed by atoms with Gasteiger partial charge in [-0.1, -0.05) is 24.3 Å². The van der Waals surface area contributed by atoms with E-state index in [-0.39, 0.29) is 29.6 Å². The topological polar surface area (TPSA) is 126 Å². The summed E-state index contributed by atoms with van der Waals surface area (Å²) in [7, 11) is -3.60. The molecule has 1 amide bonds. The van der Waals surface area contributed by atoms with Crippen molar-refractivity contribution in [3.63, 3.8) is 0 Å². The average Bonchev–Trinajstić information content (AvgIpc) is 2.81. The second kappa shape index (κ2) is 8.97. The predicted octanol–water partition coefficient (Wildman–Crippen LogP) is 2.95. The highest BCUT2D eigenvalue weighted by Crippen LogP contribution is 2.29. The zero-order valence-electron chi connectivity index (χ0n) is 17.8. The number of pyridine rings is 2. The van der Waals surface area contributed by atoms with E-state index in [1.54, 1.807) is 54.7 Å². The summed E-state index contributed by atoms with van der Waals surface area (Å²) in [5.41, 5.74) is 8.40. The Hall–Kier alpha value is -3.82. The summed E-state index contributed by atoms with van der Waals surface area (Å²) >= 11 is 0. The first-order valence-electron chi connectivity index (χ1n) is 10.1. The van der Waals surface area contributed by atoms with Gasteiger partial charge in [0.2, 0.25) is 0 Å². The summed E-state index contributed by atoms with van der Waals surface area (Å²) in [6.07, 6.45) is 4.11. The molecule has 33 heavy (non-hydrogen) atoms. The molecule has 4 aromatic rings. The number of aliphatic hydroxyl groups excluding tert-OH is 1. The molecule has 0 aliphatic heterocycles. The van der Waals surface area contributed by atoms with Gasteiger partial charge in [0.1, 0.15) is 5.82 Å². The van der Waals surface area contributed by atoms with Gasteiger partial charge in [-0.15, -0.1) is 0 Å². The van der Waals surface area contributed by atoms with E-state index < -0.39 is 15.7 Å². The number of nitrogen functional groups attached to an aromatic ring is 1. The van der Waals surface area contributed by atoms with Crippen molar-refractivity contribution in [3.8, 4) is 0 Å². The highest BCUT2D eigenvalue weighted by Gasteiger charge is 2.24. The summed E-state index contributed by atoms with van der Waals surface area (Å²) in [5.74, 6) is -0.120. The van der Waals surface area contributed by atoms with Crippen LogP contribution in [-0.4, -0.2) is 35.7 Å². The van der Waals surface area contributed by atoms with Crippen LogP contribution in [0.3, 0.4) is 0 Å². The van der Waals surface area contributed by atoms with Crippen LogP contribution in [0.5, 0.6) is 0 Å². The normalized spacial score (nSPS) is 11.5. The molecular weight excluding hydrogens is 440 g/mol. The van der Waals surface area contributed by atoms with E-state index in [1.165, 1.54) is 17.2 Å². The Kier molecular flexibility index (Phi) is 6.08. The van der Waals surface area contributed by atoms with Crippen LogP contribution in [0.25, 0.3) is 10.9 Å². The van der Waals surface area contributed by atoms with E-state index in [2.05, 4.69) is 9.97 Å². The highest BCUT2D eigenvalue weighted by atomic mass is 32.2. The van der Waals surface area contributed by atoms with Gasteiger partial charge in [-0.05, 0) is 47.5 Å². The van der Waals surface area contributed by atoms with Gasteiger partial charge in [-0.2, -0.15) is 0 Å². The third-order valence-corrected chi connectivity index (χ3v) is 6.34. The van der Waals surface area contributed by atoms with Crippen LogP contribution in [0.1, 0.15) is 21.5 Å². The van der Waals surface area contributed by atoms with Gasteiger partial charge in [-0.25, -0.2) is 13.4 Å². The van der Waals surface area contributed by atoms with E-state index in [1.807, 2.05) is 6.07 Å². The number of hydrogen-bond acceptors (Lipinski definition) is 7. The first-order valence-corrected chi connectivity index (χ1v) is 12.0. The third kappa shape index (κ3) is 4.69. The number of nitrogens with zero attached hydrogens (tertiary/aromatic N) is 3. The smallest absolute Gasteiger partial charge is 0.260 e. The number of carbonyl (C=O) groups excluding carboxylic acids is 1. The van der Waals surface area contributed by atoms with Crippen molar-refractivity contribution in [2.24, 2.45) is 0 Å². The summed E-state index contributed by atoms with van der Waals surface area (Å²) in [6, 6.07) is 16.7. The van der Waals surface area contributed by atoms with Crippen molar-refractivity contribution >= 4 is 38.2 Å². The Labute approximate surface area is 191 Å². The van der Waals surface area contributed by atoms with Crippen molar-refractivity contribution in [1.82, 2.24) is 9.97 Å². The first kappa shape index (κ1) is 22.4. The summed E-state index contributed by atoms with van der Waals surface area (Å²) in [5, 5.41) is 10.4. The van der Waals surface area contributed by atoms with Gasteiger partial charge in [-0.3, -0.25) is 9.78 Å². The molecule has 9 heteroatoms. The lowest BCUT2D eigenvalue weighted by molar-refractivity contribution is 0.0984. The second-order valence-corrected chi connectivity index (χ2v) is 9.57. The minimum Gasteiger partial charge on any atom is -0.392 e. The number of aromatic nitrogens is 2. The monoisotopic (exact) mass is 462 g/mol. The molecule has 2 aromatic carbocycles. The molecule has 168 valence electrons. The van der Waals surface area contributed by atoms with E-state index in [4.69, 9.17) is 5.73 Å². The van der Waals surface area contributed by atoms with Crippen molar-refractivity contribution in [3.05, 3.63) is 89.7 Å². The van der Waals surface area contributed by atoms with E-state index in [9.17, 15) is 18.3 Å². The number of para-hydroxylation sites is 1. The number of nitrogens with two attached hydrogens (primary N) is 1. The lowest BCUT2D eigenvalue weighted by Gasteiger charge is -2.25. The van der Waals surface area contributed by atoms with Gasteiger partial charge in [0.15, 0.2) is 9.84 Å². The average molecular weight is 463 g/mol. The fourth-order valence-electron chi connectivity index (χ4n) is 3.69. The molecule has 0 spiro atoms. The number of hydrogen-bond donors (Lipinski definition) is 2. The van der Waals surface area contributed by atoms with Crippen LogP contribution in [0.4, 0.5) is 11.5 Å². The number of carbonyl (C=O) groups is 1. The van der Waals surface area contributed by atoms with Gasteiger partial charge in [0.25, 0.3) is 5.91 Å². The van der Waals surface area contributed by atoms with Crippen LogP contribution in [0.2, 0.25) is 0 Å². The molecule has 0 fully saturated rings. The molecule has 0 saturated carbocycles. The van der Waals surface area contributed by atoms with Gasteiger partial charge in [0, 0.05) is 24.0 Å². The molecule has 0 unspecified atom stereocenters. The minimum atomic E-state index is -3.60. The maximum atomic E-state index is 13.5. The Morgan fingerprint density at radius 1 is 1.09 bits per heavy atom. The quantitative estimate of drug-likeness (QED) is 0.451. The standard InChI is InChI=1S/C24H22N4O4S/c1-33(31,32)22-7-3-2-6-21(22)28(24(30)17-5-4-10-26-13-17)14-16-8-9-19-18(15-29)12-23(25)27-20(19)11-16/h2-13,29H,14-15H2,1H3,(H2,25,27). The number of amides is 1. The van der Waals surface area contributed by atoms with E-state index in [0.717, 1.165) is 11.6 Å². The molecule has 0 saturated heterocycles. The molecule has 0 bridgehead atoms. The second-order valence-electron chi connectivity index (χ2n) is 7.59. The lowest BCUT2D eigenvalue weighted by Crippen LogP contribution is -2.31. The zero-order chi connectivity index (χ0) is 23.6. The maximum Gasteiger partial charge on any atom is 0.260 e. The number of fused-ring (bicyclic) bond motifs is 1. The van der Waals surface area contributed by atoms with Crippen LogP contribution >= 0.6 is 0 Å². The number of benzene rings is 2. The Morgan fingerprint density at radius 3 is 2.58 bits per heavy atom. The molecule has 2 heterocycles. The maximum absolute atomic E-state index is 13.5. The SMILES string of the molecule is CS(=O)(=O)c1ccccc1N(Cc1ccc2c(CO)cc(N)nc2c1)C(=O)c1cccnc1. The van der Waals surface area contributed by atoms with Crippen LogP contribution in [0, 0.1) is 0 Å². The number of sulfone groups is 1. The van der Waals surface area contributed by atoms with Gasteiger partial charge < -0.3 is 15.7 Å². The molecule has 0 aliphatic carbocycles. The largest absolute Gasteiger partial charge is 0.392 e. The molecule has 0 aliphatic rings. The molecule has 8 nitrogen and oxygen atoms in total. The highest BCUT2D eigenvalue weighted by molar-refractivity contribution is 7.90. The van der Waals surface area contributed by atoms with Crippen molar-refractivity contribution in [1.29, 1.82) is 0 Å². The Balaban J connectivity index is 1.84. The molecule has 2 aromatic heterocycles. The van der Waals surface area contributed by atoms with Gasteiger partial charge in [0.05, 0.1) is 34.8 Å². The zero-order valence-corrected chi connectivity index (χ0v) is 18.7. The van der Waals surface area contributed by atoms with Crippen LogP contribution in [-0.2, 0) is 23.0 Å². The predicted molar refractivity (Wildman–Crippen MR) is 126 cm³/mol. The fourth-order valence-corrected chi connectivity index (χ4v) is 4.57. The molecular formula is C24H22N4O4S. The first-order chi connectivity index (χ1) is 15.8. The van der Waals surface area contributed by atoms with Crippen molar-refractivity contribution in [2.75, 3.05) is 16.9 Å². The molecule has 0 radical (unpaired) electrons. The fraction of sp³-hybridized carbons (Fsp3) is 0.125. The number of anilines is 2. The van der Waals surface area contributed by atoms with Crippen LogP contribution < -0.4 is 10.6 Å². The molecule has 4 rings (SSSR count). The molecule has 0 atom stereocenters.